The smallest absolute Gasteiger partial charge is 0.209 e. The van der Waals surface area contributed by atoms with Crippen molar-refractivity contribution >= 4 is 49.5 Å². The Kier molecular flexibility index (Phi) is 8.92. The number of fused-ring (bicyclic) bond motifs is 2. The van der Waals surface area contributed by atoms with Gasteiger partial charge in [-0.2, -0.15) is 9.84 Å². The zero-order valence-electron chi connectivity index (χ0n) is 26.8. The summed E-state index contributed by atoms with van der Waals surface area (Å²) in [6.45, 7) is 9.78. The van der Waals surface area contributed by atoms with Crippen LogP contribution < -0.4 is 14.8 Å². The average Bonchev–Trinajstić information content (AvgIpc) is 3.06. The number of hydrogen-bond acceptors (Lipinski definition) is 5. The molecule has 0 N–H and O–H groups in total. The van der Waals surface area contributed by atoms with E-state index in [1.165, 1.54) is 0 Å². The number of sulfone groups is 1. The van der Waals surface area contributed by atoms with Crippen LogP contribution in [0.4, 0.5) is 17.1 Å². The molecule has 6 rings (SSSR count). The van der Waals surface area contributed by atoms with Gasteiger partial charge in [0.25, 0.3) is 0 Å². The standard InChI is InChI=1S/C39H35ClN3O3S/c1-5-42(34-13-9-7-11-26(34)3)29-16-18-31-36(24-29)46-37-25-30(43(6-2)35-20-15-28(40)23-27(35)4)17-19-32(37)39(31)33-12-8-10-14-38(33)47(44,45)22-21-41/h7-20,23-25H,5-6,22H2,1-4H3/q+1. The summed E-state index contributed by atoms with van der Waals surface area (Å²) >= 11 is 6.28. The molecule has 0 saturated heterocycles. The third kappa shape index (κ3) is 6.03. The van der Waals surface area contributed by atoms with E-state index in [-0.39, 0.29) is 4.90 Å². The number of nitriles is 1. The number of rotatable bonds is 8. The molecule has 4 aromatic rings. The van der Waals surface area contributed by atoms with Gasteiger partial charge in [0.05, 0.1) is 17.0 Å². The van der Waals surface area contributed by atoms with Crippen LogP contribution in [0.15, 0.2) is 112 Å². The van der Waals surface area contributed by atoms with Crippen LogP contribution in [0, 0.1) is 25.2 Å². The number of nitrogens with zero attached hydrogens (tertiary/aromatic N) is 3. The number of aryl methyl sites for hydroxylation is 2. The third-order valence-electron chi connectivity index (χ3n) is 8.55. The summed E-state index contributed by atoms with van der Waals surface area (Å²) in [6.07, 6.45) is 0. The van der Waals surface area contributed by atoms with Gasteiger partial charge in [0, 0.05) is 68.8 Å². The minimum Gasteiger partial charge on any atom is -0.456 e. The second kappa shape index (κ2) is 13.1. The van der Waals surface area contributed by atoms with Gasteiger partial charge in [-0.05, 0) is 75.7 Å². The Morgan fingerprint density at radius 1 is 0.851 bits per heavy atom. The summed E-state index contributed by atoms with van der Waals surface area (Å²) in [4.78, 5) is 2.35. The first kappa shape index (κ1) is 32.1. The van der Waals surface area contributed by atoms with Gasteiger partial charge in [-0.15, -0.1) is 0 Å². The number of para-hydroxylation sites is 1. The van der Waals surface area contributed by atoms with Crippen molar-refractivity contribution in [2.24, 2.45) is 0 Å². The van der Waals surface area contributed by atoms with Gasteiger partial charge in [0.15, 0.2) is 9.84 Å². The fraction of sp³-hybridized carbons (Fsp3) is 0.179. The molecule has 47 heavy (non-hydrogen) atoms. The molecule has 236 valence electrons. The second-order valence-corrected chi connectivity index (χ2v) is 13.9. The van der Waals surface area contributed by atoms with E-state index >= 15 is 0 Å². The summed E-state index contributed by atoms with van der Waals surface area (Å²) in [5, 5.41) is 11.7. The normalized spacial score (nSPS) is 12.3. The highest BCUT2D eigenvalue weighted by Gasteiger charge is 2.26. The summed E-state index contributed by atoms with van der Waals surface area (Å²) in [7, 11) is -3.88. The second-order valence-electron chi connectivity index (χ2n) is 11.5. The minimum absolute atomic E-state index is 0.116. The lowest BCUT2D eigenvalue weighted by Crippen LogP contribution is -2.26. The Hall–Kier alpha value is -4.90. The van der Waals surface area contributed by atoms with E-state index in [1.807, 2.05) is 85.8 Å². The quantitative estimate of drug-likeness (QED) is 0.120. The van der Waals surface area contributed by atoms with Gasteiger partial charge in [0.2, 0.25) is 11.0 Å². The lowest BCUT2D eigenvalue weighted by atomic mass is 9.93. The molecule has 0 atom stereocenters. The van der Waals surface area contributed by atoms with E-state index in [2.05, 4.69) is 42.4 Å². The zero-order valence-corrected chi connectivity index (χ0v) is 28.4. The Labute approximate surface area is 280 Å². The van der Waals surface area contributed by atoms with E-state index in [1.54, 1.807) is 18.2 Å². The molecule has 8 heteroatoms. The highest BCUT2D eigenvalue weighted by molar-refractivity contribution is 7.91. The van der Waals surface area contributed by atoms with E-state index < -0.39 is 15.6 Å². The highest BCUT2D eigenvalue weighted by Crippen LogP contribution is 2.43. The molecule has 0 fully saturated rings. The molecule has 2 aliphatic rings. The van der Waals surface area contributed by atoms with Crippen molar-refractivity contribution in [2.75, 3.05) is 23.7 Å². The lowest BCUT2D eigenvalue weighted by Gasteiger charge is -2.26. The van der Waals surface area contributed by atoms with E-state index in [0.29, 0.717) is 28.5 Å². The molecular formula is C39H35ClN3O3S+. The molecule has 0 spiro atoms. The number of hydrogen-bond donors (Lipinski definition) is 0. The average molecular weight is 661 g/mol. The van der Waals surface area contributed by atoms with Gasteiger partial charge in [-0.1, -0.05) is 48.0 Å². The van der Waals surface area contributed by atoms with Crippen LogP contribution in [-0.2, 0) is 9.84 Å². The van der Waals surface area contributed by atoms with E-state index in [4.69, 9.17) is 16.0 Å². The molecular weight excluding hydrogens is 626 g/mol. The summed E-state index contributed by atoms with van der Waals surface area (Å²) in [5.41, 5.74) is 7.94. The molecule has 4 aromatic carbocycles. The number of anilines is 2. The summed E-state index contributed by atoms with van der Waals surface area (Å²) in [6, 6.07) is 34.9. The molecule has 0 radical (unpaired) electrons. The zero-order chi connectivity index (χ0) is 33.3. The molecule has 6 nitrogen and oxygen atoms in total. The first-order valence-corrected chi connectivity index (χ1v) is 17.6. The van der Waals surface area contributed by atoms with Gasteiger partial charge in [-0.3, -0.25) is 0 Å². The van der Waals surface area contributed by atoms with Crippen molar-refractivity contribution in [3.05, 3.63) is 125 Å². The Morgan fingerprint density at radius 3 is 2.34 bits per heavy atom. The molecule has 0 bridgehead atoms. The summed E-state index contributed by atoms with van der Waals surface area (Å²) < 4.78 is 35.7. The SMILES string of the molecule is CCN(c1ccc2c(-c3ccccc3S(=O)(=O)CC#N)c3ccc(=[N+](CC)c4ccc(Cl)cc4C)cc-3oc2c1)c1ccccc1C. The maximum absolute atomic E-state index is 13.4. The Balaban J connectivity index is 1.69. The molecule has 0 aromatic heterocycles. The molecule has 1 aliphatic carbocycles. The predicted molar refractivity (Wildman–Crippen MR) is 191 cm³/mol. The van der Waals surface area contributed by atoms with E-state index in [0.717, 1.165) is 56.6 Å². The highest BCUT2D eigenvalue weighted by atomic mass is 35.5. The molecule has 0 unspecified atom stereocenters. The van der Waals surface area contributed by atoms with E-state index in [9.17, 15) is 13.7 Å². The minimum atomic E-state index is -3.88. The van der Waals surface area contributed by atoms with Crippen LogP contribution in [0.1, 0.15) is 25.0 Å². The van der Waals surface area contributed by atoms with Crippen LogP contribution >= 0.6 is 11.6 Å². The fourth-order valence-electron chi connectivity index (χ4n) is 6.37. The van der Waals surface area contributed by atoms with Gasteiger partial charge < -0.3 is 9.32 Å². The van der Waals surface area contributed by atoms with Gasteiger partial charge in [0.1, 0.15) is 23.6 Å². The van der Waals surface area contributed by atoms with Crippen LogP contribution in [0.25, 0.3) is 33.4 Å². The van der Waals surface area contributed by atoms with Crippen molar-refractivity contribution in [1.82, 2.24) is 4.58 Å². The van der Waals surface area contributed by atoms with Crippen LogP contribution in [0.3, 0.4) is 0 Å². The maximum atomic E-state index is 13.4. The topological polar surface area (TPSA) is 77.3 Å². The molecule has 0 amide bonds. The van der Waals surface area contributed by atoms with Crippen molar-refractivity contribution < 1.29 is 12.8 Å². The predicted octanol–water partition coefficient (Wildman–Crippen LogP) is 9.05. The largest absolute Gasteiger partial charge is 0.456 e. The van der Waals surface area contributed by atoms with Crippen molar-refractivity contribution in [3.63, 3.8) is 0 Å². The summed E-state index contributed by atoms with van der Waals surface area (Å²) in [5.74, 6) is -0.00208. The Bertz CT molecular complexity index is 2340. The third-order valence-corrected chi connectivity index (χ3v) is 10.3. The van der Waals surface area contributed by atoms with Crippen molar-refractivity contribution in [2.45, 2.75) is 32.6 Å². The van der Waals surface area contributed by atoms with Crippen molar-refractivity contribution in [1.29, 1.82) is 5.26 Å². The molecule has 0 saturated carbocycles. The fourth-order valence-corrected chi connectivity index (χ4v) is 7.72. The first-order chi connectivity index (χ1) is 22.7. The van der Waals surface area contributed by atoms with Crippen LogP contribution in [-0.4, -0.2) is 27.3 Å². The number of benzene rings is 5. The number of halogens is 1. The lowest BCUT2D eigenvalue weighted by molar-refractivity contribution is 0.599. The maximum Gasteiger partial charge on any atom is 0.209 e. The Morgan fingerprint density at radius 2 is 1.62 bits per heavy atom. The van der Waals surface area contributed by atoms with Gasteiger partial charge in [-0.25, -0.2) is 8.42 Å². The van der Waals surface area contributed by atoms with Crippen LogP contribution in [0.5, 0.6) is 0 Å². The first-order valence-electron chi connectivity index (χ1n) is 15.6. The van der Waals surface area contributed by atoms with Crippen molar-refractivity contribution in [3.8, 4) is 28.5 Å². The van der Waals surface area contributed by atoms with Gasteiger partial charge >= 0.3 is 0 Å². The van der Waals surface area contributed by atoms with Crippen LogP contribution in [0.2, 0.25) is 5.02 Å². The monoisotopic (exact) mass is 660 g/mol. The molecule has 1 aliphatic heterocycles. The molecule has 1 heterocycles.